The predicted molar refractivity (Wildman–Crippen MR) is 90.6 cm³/mol. The summed E-state index contributed by atoms with van der Waals surface area (Å²) in [5.41, 5.74) is 1.11. The molecule has 5 nitrogen and oxygen atoms in total. The molecule has 1 amide bonds. The molecule has 1 aromatic carbocycles. The Hall–Kier alpha value is -1.56. The van der Waals surface area contributed by atoms with Crippen molar-refractivity contribution in [3.05, 3.63) is 42.5 Å². The summed E-state index contributed by atoms with van der Waals surface area (Å²) in [6.07, 6.45) is 1.69. The summed E-state index contributed by atoms with van der Waals surface area (Å²) in [6, 6.07) is 8.12. The molecule has 1 atom stereocenters. The zero-order chi connectivity index (χ0) is 15.1. The van der Waals surface area contributed by atoms with E-state index in [0.717, 1.165) is 30.9 Å². The van der Waals surface area contributed by atoms with E-state index in [1.54, 1.807) is 13.2 Å². The van der Waals surface area contributed by atoms with Crippen molar-refractivity contribution >= 4 is 18.3 Å². The molecule has 6 heteroatoms. The van der Waals surface area contributed by atoms with Gasteiger partial charge in [0.1, 0.15) is 5.75 Å². The fourth-order valence-corrected chi connectivity index (χ4v) is 2.61. The summed E-state index contributed by atoms with van der Waals surface area (Å²) in [5, 5.41) is 6.22. The second kappa shape index (κ2) is 9.46. The Balaban J connectivity index is 0.00000242. The molecule has 1 heterocycles. The van der Waals surface area contributed by atoms with E-state index in [9.17, 15) is 4.79 Å². The third-order valence-corrected chi connectivity index (χ3v) is 3.64. The van der Waals surface area contributed by atoms with Crippen LogP contribution < -0.4 is 15.4 Å². The lowest BCUT2D eigenvalue weighted by Gasteiger charge is -2.36. The first-order chi connectivity index (χ1) is 10.3. The number of rotatable bonds is 6. The molecule has 1 aliphatic heterocycles. The summed E-state index contributed by atoms with van der Waals surface area (Å²) >= 11 is 0. The molecular formula is C16H24ClN3O2. The number of halogens is 1. The first kappa shape index (κ1) is 18.5. The van der Waals surface area contributed by atoms with Gasteiger partial charge in [0.25, 0.3) is 0 Å². The van der Waals surface area contributed by atoms with Crippen LogP contribution in [-0.4, -0.2) is 50.6 Å². The van der Waals surface area contributed by atoms with E-state index in [-0.39, 0.29) is 24.4 Å². The van der Waals surface area contributed by atoms with Gasteiger partial charge in [0.05, 0.1) is 19.7 Å². The Morgan fingerprint density at radius 2 is 2.32 bits per heavy atom. The van der Waals surface area contributed by atoms with Crippen LogP contribution in [0.2, 0.25) is 0 Å². The highest BCUT2D eigenvalue weighted by Gasteiger charge is 2.27. The van der Waals surface area contributed by atoms with Crippen molar-refractivity contribution in [3.63, 3.8) is 0 Å². The lowest BCUT2D eigenvalue weighted by Crippen LogP contribution is -2.49. The lowest BCUT2D eigenvalue weighted by atomic mass is 10.0. The van der Waals surface area contributed by atoms with Crippen molar-refractivity contribution in [2.24, 2.45) is 0 Å². The monoisotopic (exact) mass is 325 g/mol. The zero-order valence-corrected chi connectivity index (χ0v) is 13.7. The first-order valence-corrected chi connectivity index (χ1v) is 7.21. The van der Waals surface area contributed by atoms with Gasteiger partial charge in [-0.1, -0.05) is 24.3 Å². The molecule has 1 aliphatic rings. The minimum absolute atomic E-state index is 0. The van der Waals surface area contributed by atoms with Crippen LogP contribution in [0.15, 0.2) is 36.9 Å². The van der Waals surface area contributed by atoms with Crippen LogP contribution in [0.5, 0.6) is 5.75 Å². The van der Waals surface area contributed by atoms with Gasteiger partial charge in [-0.15, -0.1) is 19.0 Å². The number of amides is 1. The van der Waals surface area contributed by atoms with Crippen LogP contribution in [0.1, 0.15) is 11.6 Å². The molecule has 1 aromatic rings. The molecule has 0 aliphatic carbocycles. The number of nitrogens with zero attached hydrogens (tertiary/aromatic N) is 1. The molecule has 0 radical (unpaired) electrons. The molecule has 0 saturated carbocycles. The average Bonchev–Trinajstić information content (AvgIpc) is 2.53. The number of piperazine rings is 1. The van der Waals surface area contributed by atoms with Crippen LogP contribution in [0, 0.1) is 0 Å². The minimum Gasteiger partial charge on any atom is -0.496 e. The Kier molecular flexibility index (Phi) is 7.95. The Bertz CT molecular complexity index is 496. The molecule has 2 N–H and O–H groups in total. The van der Waals surface area contributed by atoms with E-state index in [0.29, 0.717) is 13.1 Å². The molecule has 122 valence electrons. The van der Waals surface area contributed by atoms with E-state index in [1.807, 2.05) is 18.2 Å². The fourth-order valence-electron chi connectivity index (χ4n) is 2.61. The number of carbonyl (C=O) groups excluding carboxylic acids is 1. The van der Waals surface area contributed by atoms with Crippen molar-refractivity contribution in [3.8, 4) is 5.75 Å². The van der Waals surface area contributed by atoms with Gasteiger partial charge in [-0.3, -0.25) is 9.69 Å². The van der Waals surface area contributed by atoms with Gasteiger partial charge in [0.15, 0.2) is 0 Å². The standard InChI is InChI=1S/C16H23N3O2.ClH/c1-3-8-18-16(20)12-19-10-9-17-11-14(19)13-6-4-5-7-15(13)21-2;/h3-7,14,17H,1,8-12H2,2H3,(H,18,20);1H. The average molecular weight is 326 g/mol. The van der Waals surface area contributed by atoms with Gasteiger partial charge >= 0.3 is 0 Å². The molecule has 1 fully saturated rings. The number of hydrogen-bond donors (Lipinski definition) is 2. The normalized spacial score (nSPS) is 18.1. The van der Waals surface area contributed by atoms with Crippen LogP contribution in [0.25, 0.3) is 0 Å². The molecule has 22 heavy (non-hydrogen) atoms. The quantitative estimate of drug-likeness (QED) is 0.776. The molecule has 0 bridgehead atoms. The SMILES string of the molecule is C=CCNC(=O)CN1CCNCC1c1ccccc1OC.Cl. The van der Waals surface area contributed by atoms with Gasteiger partial charge in [-0.05, 0) is 6.07 Å². The van der Waals surface area contributed by atoms with Crippen molar-refractivity contribution in [1.29, 1.82) is 0 Å². The largest absolute Gasteiger partial charge is 0.496 e. The van der Waals surface area contributed by atoms with Crippen LogP contribution in [-0.2, 0) is 4.79 Å². The number of benzene rings is 1. The van der Waals surface area contributed by atoms with Crippen LogP contribution in [0.3, 0.4) is 0 Å². The van der Waals surface area contributed by atoms with Crippen molar-refractivity contribution in [1.82, 2.24) is 15.5 Å². The highest BCUT2D eigenvalue weighted by molar-refractivity contribution is 5.85. The lowest BCUT2D eigenvalue weighted by molar-refractivity contribution is -0.122. The van der Waals surface area contributed by atoms with Crippen molar-refractivity contribution in [2.75, 3.05) is 39.8 Å². The van der Waals surface area contributed by atoms with Gasteiger partial charge < -0.3 is 15.4 Å². The molecule has 2 rings (SSSR count). The number of nitrogens with one attached hydrogen (secondary N) is 2. The number of para-hydroxylation sites is 1. The highest BCUT2D eigenvalue weighted by atomic mass is 35.5. The van der Waals surface area contributed by atoms with Gasteiger partial charge in [0.2, 0.25) is 5.91 Å². The fraction of sp³-hybridized carbons (Fsp3) is 0.438. The predicted octanol–water partition coefficient (Wildman–Crippen LogP) is 1.37. The summed E-state index contributed by atoms with van der Waals surface area (Å²) < 4.78 is 5.45. The Morgan fingerprint density at radius 1 is 1.55 bits per heavy atom. The van der Waals surface area contributed by atoms with Crippen molar-refractivity contribution < 1.29 is 9.53 Å². The summed E-state index contributed by atoms with van der Waals surface area (Å²) in [4.78, 5) is 14.1. The Morgan fingerprint density at radius 3 is 3.05 bits per heavy atom. The molecule has 1 saturated heterocycles. The maximum absolute atomic E-state index is 11.9. The second-order valence-electron chi connectivity index (χ2n) is 5.03. The number of hydrogen-bond acceptors (Lipinski definition) is 4. The van der Waals surface area contributed by atoms with Gasteiger partial charge in [-0.25, -0.2) is 0 Å². The van der Waals surface area contributed by atoms with Crippen LogP contribution in [0.4, 0.5) is 0 Å². The van der Waals surface area contributed by atoms with E-state index >= 15 is 0 Å². The number of ether oxygens (including phenoxy) is 1. The smallest absolute Gasteiger partial charge is 0.234 e. The topological polar surface area (TPSA) is 53.6 Å². The molecular weight excluding hydrogens is 302 g/mol. The zero-order valence-electron chi connectivity index (χ0n) is 12.9. The molecule has 1 unspecified atom stereocenters. The maximum Gasteiger partial charge on any atom is 0.234 e. The van der Waals surface area contributed by atoms with E-state index in [2.05, 4.69) is 28.2 Å². The van der Waals surface area contributed by atoms with Crippen LogP contribution >= 0.6 is 12.4 Å². The number of methoxy groups -OCH3 is 1. The first-order valence-electron chi connectivity index (χ1n) is 7.21. The molecule has 0 spiro atoms. The second-order valence-corrected chi connectivity index (χ2v) is 5.03. The molecule has 0 aromatic heterocycles. The summed E-state index contributed by atoms with van der Waals surface area (Å²) in [5.74, 6) is 0.888. The third-order valence-electron chi connectivity index (χ3n) is 3.64. The highest BCUT2D eigenvalue weighted by Crippen LogP contribution is 2.29. The third kappa shape index (κ3) is 4.73. The van der Waals surface area contributed by atoms with E-state index < -0.39 is 0 Å². The van der Waals surface area contributed by atoms with E-state index in [4.69, 9.17) is 4.74 Å². The summed E-state index contributed by atoms with van der Waals surface area (Å²) in [7, 11) is 1.68. The van der Waals surface area contributed by atoms with Gasteiger partial charge in [-0.2, -0.15) is 0 Å². The minimum atomic E-state index is 0. The number of carbonyl (C=O) groups is 1. The van der Waals surface area contributed by atoms with E-state index in [1.165, 1.54) is 0 Å². The summed E-state index contributed by atoms with van der Waals surface area (Å²) in [6.45, 7) is 7.04. The van der Waals surface area contributed by atoms with Gasteiger partial charge in [0, 0.05) is 31.7 Å². The maximum atomic E-state index is 11.9. The van der Waals surface area contributed by atoms with Crippen molar-refractivity contribution in [2.45, 2.75) is 6.04 Å². The Labute approximate surface area is 138 Å².